The van der Waals surface area contributed by atoms with Gasteiger partial charge in [0, 0.05) is 17.4 Å². The fourth-order valence-corrected chi connectivity index (χ4v) is 7.86. The maximum absolute atomic E-state index is 13.2. The highest BCUT2D eigenvalue weighted by molar-refractivity contribution is 7.10. The lowest BCUT2D eigenvalue weighted by atomic mass is 9.67. The van der Waals surface area contributed by atoms with Crippen LogP contribution in [0.1, 0.15) is 33.8 Å². The molecular weight excluding hydrogens is 624 g/mol. The molecule has 5 heterocycles. The van der Waals surface area contributed by atoms with Crippen LogP contribution >= 0.6 is 11.3 Å². The number of aromatic hydroxyl groups is 1. The Morgan fingerprint density at radius 1 is 0.978 bits per heavy atom. The minimum absolute atomic E-state index is 0.0673. The SMILES string of the molecule is COc1cc([C@@H]2c3cc4c(c(O[C@@H]5O[C@H]6CO[C@@H](c7cccs7)O[C@H]6[C@H](O)[C@@H]5O)c3C[C@H]3COC(=O)[C@@H]32)OCO4)cc(OC)c1O. The quantitative estimate of drug-likeness (QED) is 0.333. The first-order valence-corrected chi connectivity index (χ1v) is 15.8. The van der Waals surface area contributed by atoms with Gasteiger partial charge in [-0.25, -0.2) is 0 Å². The summed E-state index contributed by atoms with van der Waals surface area (Å²) in [7, 11) is 2.87. The van der Waals surface area contributed by atoms with E-state index in [4.69, 9.17) is 42.6 Å². The monoisotopic (exact) mass is 656 g/mol. The van der Waals surface area contributed by atoms with Crippen LogP contribution in [0, 0.1) is 11.8 Å². The maximum Gasteiger partial charge on any atom is 0.310 e. The maximum atomic E-state index is 13.2. The van der Waals surface area contributed by atoms with Gasteiger partial charge in [0.2, 0.25) is 24.6 Å². The van der Waals surface area contributed by atoms with E-state index >= 15 is 0 Å². The zero-order chi connectivity index (χ0) is 31.7. The molecule has 9 atom stereocenters. The molecule has 3 fully saturated rings. The van der Waals surface area contributed by atoms with Gasteiger partial charge < -0.3 is 58.0 Å². The van der Waals surface area contributed by atoms with E-state index in [1.54, 1.807) is 12.1 Å². The number of phenolic OH excluding ortho intramolecular Hbond substituents is 1. The predicted molar refractivity (Wildman–Crippen MR) is 156 cm³/mol. The van der Waals surface area contributed by atoms with Gasteiger partial charge in [0.25, 0.3) is 0 Å². The van der Waals surface area contributed by atoms with Gasteiger partial charge in [-0.1, -0.05) is 6.07 Å². The number of aliphatic hydroxyl groups excluding tert-OH is 2. The first-order chi connectivity index (χ1) is 22.4. The largest absolute Gasteiger partial charge is 0.502 e. The molecule has 2 aromatic carbocycles. The molecule has 3 aromatic rings. The number of fused-ring (bicyclic) bond motifs is 4. The van der Waals surface area contributed by atoms with Gasteiger partial charge in [-0.3, -0.25) is 4.79 Å². The van der Waals surface area contributed by atoms with Crippen molar-refractivity contribution in [2.45, 2.75) is 49.3 Å². The Hall–Kier alpha value is -3.79. The average molecular weight is 657 g/mol. The Morgan fingerprint density at radius 3 is 2.52 bits per heavy atom. The van der Waals surface area contributed by atoms with Crippen LogP contribution in [-0.4, -0.2) is 86.2 Å². The second-order valence-electron chi connectivity index (χ2n) is 11.8. The van der Waals surface area contributed by atoms with Gasteiger partial charge >= 0.3 is 5.97 Å². The lowest BCUT2D eigenvalue weighted by Crippen LogP contribution is -2.62. The van der Waals surface area contributed by atoms with Crippen molar-refractivity contribution in [2.75, 3.05) is 34.2 Å². The van der Waals surface area contributed by atoms with E-state index in [0.717, 1.165) is 4.88 Å². The van der Waals surface area contributed by atoms with E-state index in [9.17, 15) is 20.1 Å². The normalized spacial score (nSPS) is 32.6. The Balaban J connectivity index is 1.17. The molecule has 1 aliphatic carbocycles. The van der Waals surface area contributed by atoms with E-state index < -0.39 is 48.8 Å². The minimum atomic E-state index is -1.48. The summed E-state index contributed by atoms with van der Waals surface area (Å²) in [5.74, 6) is -0.500. The van der Waals surface area contributed by atoms with Crippen LogP contribution in [0.4, 0.5) is 0 Å². The molecule has 3 saturated heterocycles. The van der Waals surface area contributed by atoms with Crippen molar-refractivity contribution in [2.24, 2.45) is 11.8 Å². The van der Waals surface area contributed by atoms with Crippen molar-refractivity contribution in [3.8, 4) is 34.5 Å². The molecule has 5 aliphatic rings. The smallest absolute Gasteiger partial charge is 0.310 e. The van der Waals surface area contributed by atoms with Crippen molar-refractivity contribution in [3.63, 3.8) is 0 Å². The molecular formula is C32H32O13S. The van der Waals surface area contributed by atoms with Gasteiger partial charge in [0.15, 0.2) is 29.3 Å². The highest BCUT2D eigenvalue weighted by atomic mass is 32.1. The summed E-state index contributed by atoms with van der Waals surface area (Å²) in [4.78, 5) is 14.0. The van der Waals surface area contributed by atoms with Crippen molar-refractivity contribution < 1.29 is 62.7 Å². The lowest BCUT2D eigenvalue weighted by molar-refractivity contribution is -0.349. The Kier molecular flexibility index (Phi) is 7.38. The van der Waals surface area contributed by atoms with Gasteiger partial charge in [-0.05, 0) is 47.2 Å². The fraction of sp³-hybridized carbons (Fsp3) is 0.469. The number of benzene rings is 2. The second kappa shape index (κ2) is 11.5. The number of esters is 1. The number of rotatable bonds is 6. The molecule has 0 spiro atoms. The van der Waals surface area contributed by atoms with Crippen LogP contribution < -0.4 is 23.7 Å². The minimum Gasteiger partial charge on any atom is -0.502 e. The summed E-state index contributed by atoms with van der Waals surface area (Å²) in [6.07, 6.45) is -5.99. The molecule has 4 aliphatic heterocycles. The summed E-state index contributed by atoms with van der Waals surface area (Å²) < 4.78 is 52.6. The predicted octanol–water partition coefficient (Wildman–Crippen LogP) is 2.62. The second-order valence-corrected chi connectivity index (χ2v) is 12.8. The summed E-state index contributed by atoms with van der Waals surface area (Å²) in [5.41, 5.74) is 2.07. The number of thiophene rings is 1. The van der Waals surface area contributed by atoms with Crippen LogP contribution in [-0.2, 0) is 30.2 Å². The van der Waals surface area contributed by atoms with Gasteiger partial charge in [-0.15, -0.1) is 11.3 Å². The number of methoxy groups -OCH3 is 2. The molecule has 14 heteroatoms. The molecule has 3 N–H and O–H groups in total. The van der Waals surface area contributed by atoms with Crippen LogP contribution in [0.5, 0.6) is 34.5 Å². The number of ether oxygens (including phenoxy) is 9. The summed E-state index contributed by atoms with van der Waals surface area (Å²) in [6, 6.07) is 8.91. The van der Waals surface area contributed by atoms with Gasteiger partial charge in [0.05, 0.1) is 38.2 Å². The zero-order valence-electron chi connectivity index (χ0n) is 24.8. The molecule has 0 bridgehead atoms. The number of cyclic esters (lactones) is 1. The Bertz CT molecular complexity index is 1620. The molecule has 0 amide bonds. The van der Waals surface area contributed by atoms with Crippen molar-refractivity contribution >= 4 is 17.3 Å². The molecule has 46 heavy (non-hydrogen) atoms. The molecule has 8 rings (SSSR count). The van der Waals surface area contributed by atoms with Gasteiger partial charge in [0.1, 0.15) is 24.4 Å². The van der Waals surface area contributed by atoms with E-state index in [1.807, 2.05) is 23.6 Å². The van der Waals surface area contributed by atoms with E-state index in [2.05, 4.69) is 0 Å². The third-order valence-corrected chi connectivity index (χ3v) is 10.2. The third-order valence-electron chi connectivity index (χ3n) is 9.34. The molecule has 0 unspecified atom stereocenters. The average Bonchev–Trinajstić information content (AvgIpc) is 3.85. The first-order valence-electron chi connectivity index (χ1n) is 14.9. The number of hydrogen-bond donors (Lipinski definition) is 3. The number of carbonyl (C=O) groups excluding carboxylic acids is 1. The summed E-state index contributed by atoms with van der Waals surface area (Å²) >= 11 is 1.47. The van der Waals surface area contributed by atoms with E-state index in [0.29, 0.717) is 34.6 Å². The van der Waals surface area contributed by atoms with Crippen molar-refractivity contribution in [3.05, 3.63) is 57.3 Å². The van der Waals surface area contributed by atoms with E-state index in [-0.39, 0.29) is 54.9 Å². The van der Waals surface area contributed by atoms with Crippen LogP contribution in [0.2, 0.25) is 0 Å². The van der Waals surface area contributed by atoms with Crippen LogP contribution in [0.25, 0.3) is 0 Å². The van der Waals surface area contributed by atoms with Crippen LogP contribution in [0.15, 0.2) is 35.7 Å². The Labute approximate surface area is 267 Å². The van der Waals surface area contributed by atoms with E-state index in [1.165, 1.54) is 25.6 Å². The number of carbonyl (C=O) groups is 1. The van der Waals surface area contributed by atoms with Crippen LogP contribution in [0.3, 0.4) is 0 Å². The fourth-order valence-electron chi connectivity index (χ4n) is 7.15. The first kappa shape index (κ1) is 29.6. The number of phenols is 1. The van der Waals surface area contributed by atoms with Crippen molar-refractivity contribution in [1.29, 1.82) is 0 Å². The third kappa shape index (κ3) is 4.66. The molecule has 13 nitrogen and oxygen atoms in total. The summed E-state index contributed by atoms with van der Waals surface area (Å²) in [6.45, 7) is 0.240. The number of hydrogen-bond acceptors (Lipinski definition) is 14. The Morgan fingerprint density at radius 2 is 1.78 bits per heavy atom. The topological polar surface area (TPSA) is 161 Å². The zero-order valence-corrected chi connectivity index (χ0v) is 25.6. The molecule has 0 saturated carbocycles. The number of aliphatic hydroxyl groups is 2. The highest BCUT2D eigenvalue weighted by Crippen LogP contribution is 2.56. The highest BCUT2D eigenvalue weighted by Gasteiger charge is 2.52. The van der Waals surface area contributed by atoms with Gasteiger partial charge in [-0.2, -0.15) is 0 Å². The molecule has 244 valence electrons. The lowest BCUT2D eigenvalue weighted by Gasteiger charge is -2.46. The standard InChI is InChI=1S/C32H32O13S/c1-37-17-7-13(8-18(38-2)24(17)33)22-15-9-19-29(42-12-41-19)27(16(15)6-14-10-39-30(36)23(14)22)44-32-26(35)25(34)28-20(43-32)11-40-31(45-28)21-4-3-5-46-21/h3-5,7-9,14,20,22-23,25-26,28,31-35H,6,10-12H2,1-2H3/t14-,20-,22+,23-,25+,26-,28+,31+,32-/m0/s1. The van der Waals surface area contributed by atoms with Crippen molar-refractivity contribution in [1.82, 2.24) is 0 Å². The molecule has 0 radical (unpaired) electrons. The molecule has 1 aromatic heterocycles. The summed E-state index contributed by atoms with van der Waals surface area (Å²) in [5, 5.41) is 35.0.